The summed E-state index contributed by atoms with van der Waals surface area (Å²) in [6.45, 7) is 1.24. The molecule has 2 amide bonds. The summed E-state index contributed by atoms with van der Waals surface area (Å²) in [6.07, 6.45) is 1.40. The molecule has 2 aliphatic rings. The zero-order valence-corrected chi connectivity index (χ0v) is 12.8. The van der Waals surface area contributed by atoms with Gasteiger partial charge in [0.15, 0.2) is 0 Å². The van der Waals surface area contributed by atoms with Crippen molar-refractivity contribution < 1.29 is 9.59 Å². The van der Waals surface area contributed by atoms with Crippen molar-refractivity contribution in [3.63, 3.8) is 0 Å². The number of nitrogens with zero attached hydrogens (tertiary/aromatic N) is 1. The van der Waals surface area contributed by atoms with E-state index in [0.717, 1.165) is 21.4 Å². The third kappa shape index (κ3) is 2.12. The van der Waals surface area contributed by atoms with Crippen molar-refractivity contribution >= 4 is 44.8 Å². The molecule has 1 aromatic carbocycles. The number of benzene rings is 1. The van der Waals surface area contributed by atoms with Crippen LogP contribution < -0.4 is 5.32 Å². The molecule has 1 N–H and O–H groups in total. The zero-order chi connectivity index (χ0) is 14.6. The number of fused-ring (bicyclic) bond motifs is 1. The van der Waals surface area contributed by atoms with Gasteiger partial charge in [-0.3, -0.25) is 9.59 Å². The molecule has 0 aliphatic carbocycles. The minimum Gasteiger partial charge on any atom is -0.347 e. The summed E-state index contributed by atoms with van der Waals surface area (Å²) in [5, 5.41) is 4.71. The number of thiophene rings is 1. The number of amides is 2. The summed E-state index contributed by atoms with van der Waals surface area (Å²) in [6, 6.07) is 7.56. The monoisotopic (exact) mass is 320 g/mol. The number of rotatable bonds is 1. The number of carbonyl (C=O) groups is 2. The lowest BCUT2D eigenvalue weighted by Gasteiger charge is -2.47. The number of hydrogen-bond donors (Lipinski definition) is 1. The van der Waals surface area contributed by atoms with Crippen molar-refractivity contribution in [1.29, 1.82) is 0 Å². The highest BCUT2D eigenvalue weighted by Gasteiger charge is 2.49. The fraction of sp³-hybridized carbons (Fsp3) is 0.333. The predicted octanol–water partition coefficient (Wildman–Crippen LogP) is 2.66. The summed E-state index contributed by atoms with van der Waals surface area (Å²) in [7, 11) is 0. The lowest BCUT2D eigenvalue weighted by molar-refractivity contribution is -0.120. The largest absolute Gasteiger partial charge is 0.347 e. The van der Waals surface area contributed by atoms with Crippen molar-refractivity contribution in [3.05, 3.63) is 34.2 Å². The molecule has 2 aromatic rings. The molecule has 4 rings (SSSR count). The highest BCUT2D eigenvalue weighted by Crippen LogP contribution is 2.34. The van der Waals surface area contributed by atoms with E-state index in [1.54, 1.807) is 4.90 Å². The molecule has 0 unspecified atom stereocenters. The van der Waals surface area contributed by atoms with E-state index in [-0.39, 0.29) is 17.4 Å². The van der Waals surface area contributed by atoms with Gasteiger partial charge in [-0.15, -0.1) is 11.3 Å². The van der Waals surface area contributed by atoms with Gasteiger partial charge in [0.25, 0.3) is 5.91 Å². The Morgan fingerprint density at radius 1 is 1.33 bits per heavy atom. The van der Waals surface area contributed by atoms with Gasteiger partial charge in [-0.1, -0.05) is 17.7 Å². The van der Waals surface area contributed by atoms with Crippen molar-refractivity contribution in [2.24, 2.45) is 0 Å². The van der Waals surface area contributed by atoms with Crippen LogP contribution >= 0.6 is 22.9 Å². The highest BCUT2D eigenvalue weighted by molar-refractivity contribution is 7.20. The van der Waals surface area contributed by atoms with E-state index in [1.807, 2.05) is 24.3 Å². The van der Waals surface area contributed by atoms with E-state index in [4.69, 9.17) is 11.6 Å². The Labute approximate surface area is 130 Å². The fourth-order valence-corrected chi connectivity index (χ4v) is 4.41. The maximum Gasteiger partial charge on any atom is 0.264 e. The van der Waals surface area contributed by atoms with E-state index in [2.05, 4.69) is 5.32 Å². The van der Waals surface area contributed by atoms with Gasteiger partial charge in [-0.2, -0.15) is 0 Å². The first-order chi connectivity index (χ1) is 10.0. The summed E-state index contributed by atoms with van der Waals surface area (Å²) < 4.78 is 1.02. The van der Waals surface area contributed by atoms with Crippen LogP contribution in [0.15, 0.2) is 24.3 Å². The summed E-state index contributed by atoms with van der Waals surface area (Å²) in [5.41, 5.74) is -0.160. The van der Waals surface area contributed by atoms with Gasteiger partial charge in [-0.05, 0) is 30.0 Å². The van der Waals surface area contributed by atoms with Gasteiger partial charge in [0.1, 0.15) is 0 Å². The minimum absolute atomic E-state index is 0.0408. The summed E-state index contributed by atoms with van der Waals surface area (Å²) >= 11 is 7.44. The van der Waals surface area contributed by atoms with E-state index >= 15 is 0 Å². The third-order valence-corrected chi connectivity index (χ3v) is 5.52. The zero-order valence-electron chi connectivity index (χ0n) is 11.2. The molecule has 2 aliphatic heterocycles. The lowest BCUT2D eigenvalue weighted by Crippen LogP contribution is -2.68. The van der Waals surface area contributed by atoms with E-state index in [1.165, 1.54) is 11.3 Å². The molecule has 2 fully saturated rings. The van der Waals surface area contributed by atoms with Crippen LogP contribution in [0.1, 0.15) is 22.5 Å². The maximum absolute atomic E-state index is 12.5. The second kappa shape index (κ2) is 4.45. The fourth-order valence-electron chi connectivity index (χ4n) is 3.10. The van der Waals surface area contributed by atoms with Crippen LogP contribution in [0.2, 0.25) is 5.02 Å². The second-order valence-electron chi connectivity index (χ2n) is 5.78. The first-order valence-corrected chi connectivity index (χ1v) is 8.04. The third-order valence-electron chi connectivity index (χ3n) is 4.20. The van der Waals surface area contributed by atoms with Crippen LogP contribution in [0.5, 0.6) is 0 Å². The van der Waals surface area contributed by atoms with E-state index in [9.17, 15) is 9.59 Å². The molecule has 21 heavy (non-hydrogen) atoms. The Hall–Kier alpha value is -1.59. The van der Waals surface area contributed by atoms with Crippen LogP contribution in [-0.2, 0) is 4.79 Å². The molecule has 3 heterocycles. The molecule has 0 radical (unpaired) electrons. The molecule has 1 spiro atoms. The Balaban J connectivity index is 1.53. The van der Waals surface area contributed by atoms with Crippen LogP contribution in [0.4, 0.5) is 0 Å². The average molecular weight is 321 g/mol. The van der Waals surface area contributed by atoms with Gasteiger partial charge in [0.2, 0.25) is 5.91 Å². The smallest absolute Gasteiger partial charge is 0.264 e. The molecule has 6 heteroatoms. The normalized spacial score (nSPS) is 19.9. The molecular weight excluding hydrogens is 308 g/mol. The maximum atomic E-state index is 12.5. The molecule has 2 saturated heterocycles. The van der Waals surface area contributed by atoms with Crippen molar-refractivity contribution in [2.45, 2.75) is 18.4 Å². The Kier molecular flexibility index (Phi) is 2.78. The van der Waals surface area contributed by atoms with Crippen LogP contribution in [0.3, 0.4) is 0 Å². The van der Waals surface area contributed by atoms with Crippen molar-refractivity contribution in [2.75, 3.05) is 13.1 Å². The number of carbonyl (C=O) groups excluding carboxylic acids is 2. The molecule has 0 saturated carbocycles. The lowest BCUT2D eigenvalue weighted by atomic mass is 9.88. The van der Waals surface area contributed by atoms with Crippen LogP contribution in [0.25, 0.3) is 10.1 Å². The molecular formula is C15H13ClN2O2S. The topological polar surface area (TPSA) is 49.4 Å². The van der Waals surface area contributed by atoms with E-state index in [0.29, 0.717) is 24.5 Å². The predicted molar refractivity (Wildman–Crippen MR) is 82.8 cm³/mol. The van der Waals surface area contributed by atoms with Crippen molar-refractivity contribution in [1.82, 2.24) is 10.2 Å². The molecule has 108 valence electrons. The number of likely N-dealkylation sites (tertiary alicyclic amines) is 1. The minimum atomic E-state index is -0.160. The molecule has 4 nitrogen and oxygen atoms in total. The van der Waals surface area contributed by atoms with Crippen LogP contribution in [0, 0.1) is 0 Å². The summed E-state index contributed by atoms with van der Waals surface area (Å²) in [5.74, 6) is 0.137. The van der Waals surface area contributed by atoms with Gasteiger partial charge in [0.05, 0.1) is 10.4 Å². The standard InChI is InChI=1S/C15H13ClN2O2S/c16-10-2-1-9-5-12(21-11(9)6-10)14(20)18-7-15(8-18)4-3-13(19)17-15/h1-2,5-6H,3-4,7-8H2,(H,17,19). The number of hydrogen-bond acceptors (Lipinski definition) is 3. The van der Waals surface area contributed by atoms with Gasteiger partial charge in [-0.25, -0.2) is 0 Å². The Morgan fingerprint density at radius 3 is 2.86 bits per heavy atom. The number of nitrogens with one attached hydrogen (secondary N) is 1. The number of halogens is 1. The quantitative estimate of drug-likeness (QED) is 0.878. The van der Waals surface area contributed by atoms with Crippen LogP contribution in [-0.4, -0.2) is 35.3 Å². The highest BCUT2D eigenvalue weighted by atomic mass is 35.5. The van der Waals surface area contributed by atoms with Crippen molar-refractivity contribution in [3.8, 4) is 0 Å². The Bertz CT molecular complexity index is 764. The average Bonchev–Trinajstić information content (AvgIpc) is 2.99. The SMILES string of the molecule is O=C1CCC2(CN(C(=O)c3cc4ccc(Cl)cc4s3)C2)N1. The van der Waals surface area contributed by atoms with Gasteiger partial charge < -0.3 is 10.2 Å². The van der Waals surface area contributed by atoms with Gasteiger partial charge >= 0.3 is 0 Å². The second-order valence-corrected chi connectivity index (χ2v) is 7.30. The molecule has 0 atom stereocenters. The summed E-state index contributed by atoms with van der Waals surface area (Å²) in [4.78, 5) is 26.3. The van der Waals surface area contributed by atoms with Gasteiger partial charge in [0, 0.05) is 29.2 Å². The first-order valence-electron chi connectivity index (χ1n) is 6.84. The molecule has 0 bridgehead atoms. The first kappa shape index (κ1) is 13.1. The van der Waals surface area contributed by atoms with E-state index < -0.39 is 0 Å². The molecule has 1 aromatic heterocycles. The Morgan fingerprint density at radius 2 is 2.14 bits per heavy atom.